The SMILES string of the molecule is CC(CF)NC(=O)C1CNC(=O)C1. The minimum Gasteiger partial charge on any atom is -0.355 e. The van der Waals surface area contributed by atoms with Gasteiger partial charge in [0.05, 0.1) is 12.0 Å². The van der Waals surface area contributed by atoms with Crippen LogP contribution in [-0.4, -0.2) is 31.1 Å². The molecule has 4 nitrogen and oxygen atoms in total. The van der Waals surface area contributed by atoms with Crippen LogP contribution in [0.4, 0.5) is 4.39 Å². The van der Waals surface area contributed by atoms with Crippen molar-refractivity contribution >= 4 is 11.8 Å². The van der Waals surface area contributed by atoms with E-state index in [1.165, 1.54) is 0 Å². The zero-order chi connectivity index (χ0) is 9.84. The van der Waals surface area contributed by atoms with Gasteiger partial charge in [0.25, 0.3) is 0 Å². The fourth-order valence-electron chi connectivity index (χ4n) is 1.19. The van der Waals surface area contributed by atoms with Gasteiger partial charge < -0.3 is 10.6 Å². The fraction of sp³-hybridized carbons (Fsp3) is 0.750. The van der Waals surface area contributed by atoms with Crippen LogP contribution in [0, 0.1) is 5.92 Å². The van der Waals surface area contributed by atoms with Crippen molar-refractivity contribution in [1.82, 2.24) is 10.6 Å². The summed E-state index contributed by atoms with van der Waals surface area (Å²) in [5.41, 5.74) is 0. The molecule has 13 heavy (non-hydrogen) atoms. The molecule has 0 aliphatic carbocycles. The Morgan fingerprint density at radius 1 is 1.85 bits per heavy atom. The second kappa shape index (κ2) is 4.20. The Morgan fingerprint density at radius 3 is 3.00 bits per heavy atom. The molecule has 0 aromatic heterocycles. The Hall–Kier alpha value is -1.13. The molecule has 2 amide bonds. The second-order valence-electron chi connectivity index (χ2n) is 3.27. The summed E-state index contributed by atoms with van der Waals surface area (Å²) < 4.78 is 12.0. The fourth-order valence-corrected chi connectivity index (χ4v) is 1.19. The third-order valence-corrected chi connectivity index (χ3v) is 1.97. The number of carbonyl (C=O) groups is 2. The van der Waals surface area contributed by atoms with Crippen LogP contribution < -0.4 is 10.6 Å². The van der Waals surface area contributed by atoms with E-state index in [0.29, 0.717) is 6.54 Å². The molecule has 0 saturated carbocycles. The number of rotatable bonds is 3. The molecular weight excluding hydrogens is 175 g/mol. The van der Waals surface area contributed by atoms with Crippen molar-refractivity contribution in [2.24, 2.45) is 5.92 Å². The molecule has 1 saturated heterocycles. The molecular formula is C8H13FN2O2. The number of amides is 2. The smallest absolute Gasteiger partial charge is 0.225 e. The Morgan fingerprint density at radius 2 is 2.54 bits per heavy atom. The maximum atomic E-state index is 12.0. The lowest BCUT2D eigenvalue weighted by atomic mass is 10.1. The normalized spacial score (nSPS) is 23.8. The van der Waals surface area contributed by atoms with E-state index in [1.54, 1.807) is 6.92 Å². The van der Waals surface area contributed by atoms with Gasteiger partial charge in [0, 0.05) is 13.0 Å². The van der Waals surface area contributed by atoms with Crippen LogP contribution in [-0.2, 0) is 9.59 Å². The van der Waals surface area contributed by atoms with E-state index in [1.807, 2.05) is 0 Å². The number of carbonyl (C=O) groups excluding carboxylic acids is 2. The first kappa shape index (κ1) is 9.95. The third kappa shape index (κ3) is 2.68. The van der Waals surface area contributed by atoms with Crippen LogP contribution in [0.3, 0.4) is 0 Å². The summed E-state index contributed by atoms with van der Waals surface area (Å²) in [4.78, 5) is 22.0. The molecule has 2 N–H and O–H groups in total. The van der Waals surface area contributed by atoms with E-state index >= 15 is 0 Å². The highest BCUT2D eigenvalue weighted by atomic mass is 19.1. The van der Waals surface area contributed by atoms with E-state index in [-0.39, 0.29) is 24.2 Å². The molecule has 5 heteroatoms. The van der Waals surface area contributed by atoms with Crippen LogP contribution in [0.2, 0.25) is 0 Å². The van der Waals surface area contributed by atoms with Gasteiger partial charge in [-0.3, -0.25) is 9.59 Å². The van der Waals surface area contributed by atoms with Gasteiger partial charge >= 0.3 is 0 Å². The number of alkyl halides is 1. The van der Waals surface area contributed by atoms with E-state index < -0.39 is 12.7 Å². The van der Waals surface area contributed by atoms with Gasteiger partial charge in [-0.15, -0.1) is 0 Å². The average Bonchev–Trinajstić information content (AvgIpc) is 2.51. The second-order valence-corrected chi connectivity index (χ2v) is 3.27. The van der Waals surface area contributed by atoms with E-state index in [0.717, 1.165) is 0 Å². The van der Waals surface area contributed by atoms with Crippen LogP contribution >= 0.6 is 0 Å². The molecule has 0 spiro atoms. The highest BCUT2D eigenvalue weighted by molar-refractivity contribution is 5.89. The van der Waals surface area contributed by atoms with Gasteiger partial charge in [-0.1, -0.05) is 0 Å². The minimum absolute atomic E-state index is 0.118. The van der Waals surface area contributed by atoms with Gasteiger partial charge in [0.15, 0.2) is 0 Å². The molecule has 0 bridgehead atoms. The molecule has 0 aromatic rings. The standard InChI is InChI=1S/C8H13FN2O2/c1-5(3-9)11-8(13)6-2-7(12)10-4-6/h5-6H,2-4H2,1H3,(H,10,12)(H,11,13). The minimum atomic E-state index is -0.583. The molecule has 1 fully saturated rings. The molecule has 1 aliphatic rings. The Balaban J connectivity index is 2.35. The zero-order valence-corrected chi connectivity index (χ0v) is 7.47. The average molecular weight is 188 g/mol. The van der Waals surface area contributed by atoms with Crippen molar-refractivity contribution in [3.63, 3.8) is 0 Å². The van der Waals surface area contributed by atoms with Gasteiger partial charge in [-0.2, -0.15) is 0 Å². The quantitative estimate of drug-likeness (QED) is 0.633. The summed E-state index contributed by atoms with van der Waals surface area (Å²) in [6, 6.07) is -0.469. The molecule has 1 heterocycles. The van der Waals surface area contributed by atoms with Crippen molar-refractivity contribution in [1.29, 1.82) is 0 Å². The molecule has 2 unspecified atom stereocenters. The van der Waals surface area contributed by atoms with Gasteiger partial charge in [-0.05, 0) is 6.92 Å². The van der Waals surface area contributed by atoms with Crippen LogP contribution in [0.15, 0.2) is 0 Å². The largest absolute Gasteiger partial charge is 0.355 e. The lowest BCUT2D eigenvalue weighted by Gasteiger charge is -2.12. The van der Waals surface area contributed by atoms with E-state index in [4.69, 9.17) is 0 Å². The summed E-state index contributed by atoms with van der Waals surface area (Å²) in [5.74, 6) is -0.696. The van der Waals surface area contributed by atoms with Crippen molar-refractivity contribution in [3.8, 4) is 0 Å². The number of hydrogen-bond acceptors (Lipinski definition) is 2. The lowest BCUT2D eigenvalue weighted by Crippen LogP contribution is -2.39. The van der Waals surface area contributed by atoms with E-state index in [2.05, 4.69) is 10.6 Å². The first-order chi connectivity index (χ1) is 6.13. The zero-order valence-electron chi connectivity index (χ0n) is 7.47. The molecule has 74 valence electrons. The van der Waals surface area contributed by atoms with Crippen molar-refractivity contribution in [2.45, 2.75) is 19.4 Å². The summed E-state index contributed by atoms with van der Waals surface area (Å²) in [6.07, 6.45) is 0.213. The molecule has 1 aliphatic heterocycles. The van der Waals surface area contributed by atoms with Gasteiger partial charge in [-0.25, -0.2) is 4.39 Å². The van der Waals surface area contributed by atoms with Crippen LogP contribution in [0.1, 0.15) is 13.3 Å². The van der Waals surface area contributed by atoms with Crippen LogP contribution in [0.5, 0.6) is 0 Å². The predicted octanol–water partition coefficient (Wildman–Crippen LogP) is -0.403. The van der Waals surface area contributed by atoms with Crippen LogP contribution in [0.25, 0.3) is 0 Å². The molecule has 1 rings (SSSR count). The predicted molar refractivity (Wildman–Crippen MR) is 44.7 cm³/mol. The number of hydrogen-bond donors (Lipinski definition) is 2. The third-order valence-electron chi connectivity index (χ3n) is 1.97. The van der Waals surface area contributed by atoms with Crippen molar-refractivity contribution < 1.29 is 14.0 Å². The Kier molecular flexibility index (Phi) is 3.22. The van der Waals surface area contributed by atoms with E-state index in [9.17, 15) is 14.0 Å². The lowest BCUT2D eigenvalue weighted by molar-refractivity contribution is -0.127. The molecule has 2 atom stereocenters. The highest BCUT2D eigenvalue weighted by Gasteiger charge is 2.28. The molecule has 0 radical (unpaired) electrons. The Bertz CT molecular complexity index is 220. The number of halogens is 1. The highest BCUT2D eigenvalue weighted by Crippen LogP contribution is 2.08. The first-order valence-electron chi connectivity index (χ1n) is 4.26. The first-order valence-corrected chi connectivity index (χ1v) is 4.26. The van der Waals surface area contributed by atoms with Gasteiger partial charge in [0.1, 0.15) is 6.67 Å². The molecule has 0 aromatic carbocycles. The summed E-state index contributed by atoms with van der Waals surface area (Å²) in [6.45, 7) is 1.37. The van der Waals surface area contributed by atoms with Gasteiger partial charge in [0.2, 0.25) is 11.8 Å². The van der Waals surface area contributed by atoms with Crippen molar-refractivity contribution in [2.75, 3.05) is 13.2 Å². The number of nitrogens with one attached hydrogen (secondary N) is 2. The summed E-state index contributed by atoms with van der Waals surface area (Å²) in [7, 11) is 0. The topological polar surface area (TPSA) is 58.2 Å². The summed E-state index contributed by atoms with van der Waals surface area (Å²) >= 11 is 0. The maximum Gasteiger partial charge on any atom is 0.225 e. The monoisotopic (exact) mass is 188 g/mol. The van der Waals surface area contributed by atoms with Crippen molar-refractivity contribution in [3.05, 3.63) is 0 Å². The maximum absolute atomic E-state index is 12.0. The Labute approximate surface area is 75.9 Å². The summed E-state index contributed by atoms with van der Waals surface area (Å²) in [5, 5.41) is 5.03.